The molecule has 3 rings (SSSR count). The fraction of sp³-hybridized carbons (Fsp3) is 0.133. The van der Waals surface area contributed by atoms with Crippen LogP contribution in [0, 0.1) is 6.04 Å². The molecule has 2 aromatic rings. The molecule has 0 radical (unpaired) electrons. The number of hydrogen-bond donors (Lipinski definition) is 0. The van der Waals surface area contributed by atoms with Crippen molar-refractivity contribution in [3.63, 3.8) is 0 Å². The summed E-state index contributed by atoms with van der Waals surface area (Å²) in [6.07, 6.45) is 0. The predicted octanol–water partition coefficient (Wildman–Crippen LogP) is 0.257. The average molecular weight is 215 g/mol. The third kappa shape index (κ3) is 2.28. The van der Waals surface area contributed by atoms with Crippen LogP contribution in [0.2, 0.25) is 0 Å². The fourth-order valence-corrected chi connectivity index (χ4v) is 2.28. The van der Waals surface area contributed by atoms with Crippen LogP contribution in [-0.4, -0.2) is 11.9 Å². The quantitative estimate of drug-likeness (QED) is 0.394. The summed E-state index contributed by atoms with van der Waals surface area (Å²) in [5, 5.41) is 0. The maximum Gasteiger partial charge on any atom is 1.00 e. The molecule has 1 saturated heterocycles. The zero-order valence-electron chi connectivity index (χ0n) is 10.3. The molecule has 1 aliphatic heterocycles. The van der Waals surface area contributed by atoms with Crippen LogP contribution in [0.3, 0.4) is 0 Å². The van der Waals surface area contributed by atoms with Gasteiger partial charge in [0.25, 0.3) is 0 Å². The van der Waals surface area contributed by atoms with Crippen LogP contribution in [0.5, 0.6) is 0 Å². The maximum absolute atomic E-state index is 2.32. The van der Waals surface area contributed by atoms with Crippen molar-refractivity contribution < 1.29 is 18.9 Å². The number of nitrogens with zero attached hydrogens (tertiary/aromatic N) is 1. The van der Waals surface area contributed by atoms with Crippen LogP contribution in [-0.2, 0) is 0 Å². The van der Waals surface area contributed by atoms with Gasteiger partial charge in [0, 0.05) is 6.04 Å². The van der Waals surface area contributed by atoms with E-state index in [0.717, 1.165) is 0 Å². The Hall–Kier alpha value is -1.13. The van der Waals surface area contributed by atoms with Gasteiger partial charge in [0.1, 0.15) is 0 Å². The Kier molecular flexibility index (Phi) is 3.64. The summed E-state index contributed by atoms with van der Waals surface area (Å²) in [5.41, 5.74) is 2.71. The molecule has 0 N–H and O–H groups in total. The van der Waals surface area contributed by atoms with Gasteiger partial charge in [0.2, 0.25) is 0 Å². The molecule has 2 heteroatoms. The molecule has 2 aromatic carbocycles. The van der Waals surface area contributed by atoms with Crippen LogP contribution in [0.25, 0.3) is 0 Å². The van der Waals surface area contributed by atoms with Gasteiger partial charge in [-0.15, -0.1) is 12.1 Å². The minimum atomic E-state index is 0. The molecule has 0 aliphatic carbocycles. The van der Waals surface area contributed by atoms with Gasteiger partial charge in [-0.1, -0.05) is 42.4 Å². The Morgan fingerprint density at radius 3 is 2.00 bits per heavy atom. The van der Waals surface area contributed by atoms with E-state index in [1.54, 1.807) is 0 Å². The van der Waals surface area contributed by atoms with Gasteiger partial charge in [-0.05, 0) is 12.6 Å². The minimum absolute atomic E-state index is 0. The van der Waals surface area contributed by atoms with Crippen LogP contribution in [0.4, 0.5) is 0 Å². The van der Waals surface area contributed by atoms with Gasteiger partial charge in [-0.3, -0.25) is 0 Å². The summed E-state index contributed by atoms with van der Waals surface area (Å²) in [7, 11) is 2.15. The van der Waals surface area contributed by atoms with E-state index in [0.29, 0.717) is 6.04 Å². The molecule has 80 valence electrons. The van der Waals surface area contributed by atoms with Crippen molar-refractivity contribution in [2.24, 2.45) is 0 Å². The molecular weight excluding hydrogens is 201 g/mol. The summed E-state index contributed by atoms with van der Waals surface area (Å²) in [6, 6.07) is 23.1. The van der Waals surface area contributed by atoms with E-state index < -0.39 is 0 Å². The summed E-state index contributed by atoms with van der Waals surface area (Å²) in [5.74, 6) is 0. The molecule has 1 heterocycles. The van der Waals surface area contributed by atoms with Crippen molar-refractivity contribution in [3.05, 3.63) is 77.8 Å². The molecule has 0 bridgehead atoms. The van der Waals surface area contributed by atoms with Crippen molar-refractivity contribution in [2.75, 3.05) is 7.05 Å². The van der Waals surface area contributed by atoms with E-state index in [2.05, 4.69) is 72.6 Å². The summed E-state index contributed by atoms with van der Waals surface area (Å²) < 4.78 is 0. The molecule has 1 fully saturated rings. The van der Waals surface area contributed by atoms with E-state index in [4.69, 9.17) is 0 Å². The van der Waals surface area contributed by atoms with Gasteiger partial charge in [0.05, 0.1) is 0 Å². The van der Waals surface area contributed by atoms with Crippen LogP contribution in [0.1, 0.15) is 17.2 Å². The van der Waals surface area contributed by atoms with Crippen molar-refractivity contribution in [1.29, 1.82) is 0 Å². The first kappa shape index (κ1) is 12.3. The van der Waals surface area contributed by atoms with Crippen molar-refractivity contribution >= 4 is 0 Å². The van der Waals surface area contributed by atoms with Crippen LogP contribution < -0.4 is 18.9 Å². The van der Waals surface area contributed by atoms with Gasteiger partial charge in [0.15, 0.2) is 0 Å². The Bertz CT molecular complexity index is 423. The molecule has 0 aromatic heterocycles. The summed E-state index contributed by atoms with van der Waals surface area (Å²) in [4.78, 5) is 2.32. The van der Waals surface area contributed by atoms with Crippen LogP contribution in [0.15, 0.2) is 60.7 Å². The Morgan fingerprint density at radius 1 is 0.882 bits per heavy atom. The van der Waals surface area contributed by atoms with Gasteiger partial charge >= 0.3 is 18.9 Å². The normalized spacial score (nSPS) is 21.8. The molecule has 0 amide bonds. The SMILES string of the molecule is CN1[C-](c2ccccc2)C1c1ccccc1.[Li+]. The monoisotopic (exact) mass is 215 g/mol. The number of hydrogen-bond acceptors (Lipinski definition) is 1. The van der Waals surface area contributed by atoms with Crippen molar-refractivity contribution in [3.8, 4) is 0 Å². The second-order valence-corrected chi connectivity index (χ2v) is 4.18. The smallest absolute Gasteiger partial charge is 0.330 e. The zero-order valence-corrected chi connectivity index (χ0v) is 10.3. The summed E-state index contributed by atoms with van der Waals surface area (Å²) in [6.45, 7) is 0. The minimum Gasteiger partial charge on any atom is -0.330 e. The van der Waals surface area contributed by atoms with E-state index >= 15 is 0 Å². The third-order valence-corrected chi connectivity index (χ3v) is 3.14. The molecule has 0 saturated carbocycles. The summed E-state index contributed by atoms with van der Waals surface area (Å²) >= 11 is 0. The first-order valence-electron chi connectivity index (χ1n) is 5.58. The average Bonchev–Trinajstić information content (AvgIpc) is 3.03. The van der Waals surface area contributed by atoms with Crippen molar-refractivity contribution in [1.82, 2.24) is 4.90 Å². The van der Waals surface area contributed by atoms with Gasteiger partial charge in [-0.2, -0.15) is 17.7 Å². The fourth-order valence-electron chi connectivity index (χ4n) is 2.28. The first-order valence-corrected chi connectivity index (χ1v) is 5.58. The predicted molar refractivity (Wildman–Crippen MR) is 65.7 cm³/mol. The topological polar surface area (TPSA) is 3.01 Å². The maximum atomic E-state index is 2.32. The molecule has 2 atom stereocenters. The molecular formula is C15H14LiN. The number of rotatable bonds is 2. The largest absolute Gasteiger partial charge is 1.00 e. The van der Waals surface area contributed by atoms with E-state index in [-0.39, 0.29) is 18.9 Å². The second-order valence-electron chi connectivity index (χ2n) is 4.18. The van der Waals surface area contributed by atoms with Crippen molar-refractivity contribution in [2.45, 2.75) is 6.04 Å². The molecule has 1 nitrogen and oxygen atoms in total. The van der Waals surface area contributed by atoms with E-state index in [1.807, 2.05) is 0 Å². The zero-order chi connectivity index (χ0) is 11.0. The number of benzene rings is 2. The molecule has 1 aliphatic rings. The van der Waals surface area contributed by atoms with E-state index in [9.17, 15) is 0 Å². The third-order valence-electron chi connectivity index (χ3n) is 3.14. The second kappa shape index (κ2) is 5.02. The molecule has 0 spiro atoms. The first-order chi connectivity index (χ1) is 7.88. The molecule has 17 heavy (non-hydrogen) atoms. The van der Waals surface area contributed by atoms with Crippen LogP contribution >= 0.6 is 0 Å². The number of likely N-dealkylation sites (N-methyl/N-ethyl adjacent to an activating group) is 1. The van der Waals surface area contributed by atoms with Gasteiger partial charge < -0.3 is 4.90 Å². The Labute approximate surface area is 115 Å². The Morgan fingerprint density at radius 2 is 1.41 bits per heavy atom. The standard InChI is InChI=1S/C15H14N.Li/c1-16-14(12-8-4-2-5-9-12)15(16)13-10-6-3-7-11-13;/h2-11,14H,1H3;/q-1;+1. The Balaban J connectivity index is 0.00000108. The van der Waals surface area contributed by atoms with Gasteiger partial charge in [-0.25, -0.2) is 0 Å². The molecule has 2 unspecified atom stereocenters. The van der Waals surface area contributed by atoms with E-state index in [1.165, 1.54) is 17.2 Å².